The lowest BCUT2D eigenvalue weighted by molar-refractivity contribution is -0.125. The number of thioether (sulfide) groups is 1. The number of nitrogens with zero attached hydrogens (tertiary/aromatic N) is 1. The van der Waals surface area contributed by atoms with E-state index in [4.69, 9.17) is 0 Å². The predicted molar refractivity (Wildman–Crippen MR) is 71.5 cm³/mol. The highest BCUT2D eigenvalue weighted by Crippen LogP contribution is 2.18. The zero-order valence-corrected chi connectivity index (χ0v) is 11.1. The van der Waals surface area contributed by atoms with Crippen molar-refractivity contribution in [3.05, 3.63) is 23.9 Å². The summed E-state index contributed by atoms with van der Waals surface area (Å²) in [6, 6.07) is 3.16. The molecule has 0 bridgehead atoms. The Hall–Kier alpha value is -1.56. The summed E-state index contributed by atoms with van der Waals surface area (Å²) in [6.45, 7) is 3.76. The standard InChI is InChI=1S/C12H15N3O2S/c1-7-3-4-13-10(5-7)15-12(17)9-6-18-8(2)11(16)14-9/h3-5,8-9H,6H2,1-2H3,(H,14,16)(H,13,15,17)/t8-,9+/m0/s1. The second kappa shape index (κ2) is 5.39. The number of amides is 2. The van der Waals surface area contributed by atoms with Crippen LogP contribution in [0.4, 0.5) is 5.82 Å². The molecule has 96 valence electrons. The summed E-state index contributed by atoms with van der Waals surface area (Å²) in [7, 11) is 0. The molecule has 0 aromatic carbocycles. The monoisotopic (exact) mass is 265 g/mol. The van der Waals surface area contributed by atoms with Gasteiger partial charge in [0.15, 0.2) is 0 Å². The Bertz CT molecular complexity index is 478. The molecule has 0 spiro atoms. The Morgan fingerprint density at radius 3 is 3.06 bits per heavy atom. The van der Waals surface area contributed by atoms with E-state index in [1.807, 2.05) is 19.9 Å². The summed E-state index contributed by atoms with van der Waals surface area (Å²) >= 11 is 1.48. The molecule has 0 radical (unpaired) electrons. The zero-order valence-electron chi connectivity index (χ0n) is 10.3. The maximum Gasteiger partial charge on any atom is 0.248 e. The summed E-state index contributed by atoms with van der Waals surface area (Å²) in [4.78, 5) is 27.5. The normalized spacial score (nSPS) is 23.3. The third-order valence-electron chi connectivity index (χ3n) is 2.68. The van der Waals surface area contributed by atoms with Gasteiger partial charge < -0.3 is 10.6 Å². The number of aryl methyl sites for hydroxylation is 1. The molecule has 0 saturated carbocycles. The van der Waals surface area contributed by atoms with Crippen molar-refractivity contribution in [1.82, 2.24) is 10.3 Å². The van der Waals surface area contributed by atoms with Gasteiger partial charge in [0.1, 0.15) is 11.9 Å². The van der Waals surface area contributed by atoms with Crippen LogP contribution >= 0.6 is 11.8 Å². The van der Waals surface area contributed by atoms with Gasteiger partial charge in [-0.25, -0.2) is 4.98 Å². The van der Waals surface area contributed by atoms with Crippen molar-refractivity contribution in [3.63, 3.8) is 0 Å². The largest absolute Gasteiger partial charge is 0.343 e. The van der Waals surface area contributed by atoms with E-state index in [2.05, 4.69) is 15.6 Å². The first-order valence-corrected chi connectivity index (χ1v) is 6.76. The number of hydrogen-bond acceptors (Lipinski definition) is 4. The van der Waals surface area contributed by atoms with Gasteiger partial charge >= 0.3 is 0 Å². The van der Waals surface area contributed by atoms with E-state index >= 15 is 0 Å². The summed E-state index contributed by atoms with van der Waals surface area (Å²) in [5.41, 5.74) is 1.02. The van der Waals surface area contributed by atoms with Gasteiger partial charge in [-0.2, -0.15) is 0 Å². The minimum absolute atomic E-state index is 0.0915. The van der Waals surface area contributed by atoms with E-state index in [0.717, 1.165) is 5.56 Å². The van der Waals surface area contributed by atoms with Crippen LogP contribution in [0.2, 0.25) is 0 Å². The molecule has 2 heterocycles. The molecule has 0 unspecified atom stereocenters. The quantitative estimate of drug-likeness (QED) is 0.835. The zero-order chi connectivity index (χ0) is 13.1. The molecule has 5 nitrogen and oxygen atoms in total. The van der Waals surface area contributed by atoms with Crippen LogP contribution in [0.5, 0.6) is 0 Å². The van der Waals surface area contributed by atoms with E-state index in [1.54, 1.807) is 12.3 Å². The summed E-state index contributed by atoms with van der Waals surface area (Å²) in [5, 5.41) is 5.32. The van der Waals surface area contributed by atoms with Gasteiger partial charge in [0.2, 0.25) is 11.8 Å². The molecular formula is C12H15N3O2S. The Morgan fingerprint density at radius 1 is 1.61 bits per heavy atom. The lowest BCUT2D eigenvalue weighted by atomic mass is 10.2. The molecule has 2 atom stereocenters. The lowest BCUT2D eigenvalue weighted by Gasteiger charge is -2.25. The molecule has 18 heavy (non-hydrogen) atoms. The van der Waals surface area contributed by atoms with Gasteiger partial charge in [-0.3, -0.25) is 9.59 Å². The Kier molecular flexibility index (Phi) is 3.86. The fourth-order valence-electron chi connectivity index (χ4n) is 1.61. The Labute approximate surface area is 110 Å². The van der Waals surface area contributed by atoms with Gasteiger partial charge in [0.05, 0.1) is 5.25 Å². The van der Waals surface area contributed by atoms with E-state index in [-0.39, 0.29) is 17.1 Å². The molecule has 1 aromatic rings. The second-order valence-corrected chi connectivity index (χ2v) is 5.62. The third kappa shape index (κ3) is 3.01. The molecule has 1 aliphatic heterocycles. The molecule has 2 amide bonds. The average Bonchev–Trinajstić information content (AvgIpc) is 2.32. The lowest BCUT2D eigenvalue weighted by Crippen LogP contribution is -2.51. The van der Waals surface area contributed by atoms with Crippen LogP contribution in [0.25, 0.3) is 0 Å². The smallest absolute Gasteiger partial charge is 0.248 e. The molecule has 2 rings (SSSR count). The van der Waals surface area contributed by atoms with E-state index < -0.39 is 6.04 Å². The van der Waals surface area contributed by atoms with Crippen LogP contribution in [0, 0.1) is 6.92 Å². The molecular weight excluding hydrogens is 250 g/mol. The van der Waals surface area contributed by atoms with Gasteiger partial charge in [0.25, 0.3) is 0 Å². The van der Waals surface area contributed by atoms with Crippen molar-refractivity contribution in [2.24, 2.45) is 0 Å². The fraction of sp³-hybridized carbons (Fsp3) is 0.417. The van der Waals surface area contributed by atoms with Crippen molar-refractivity contribution in [3.8, 4) is 0 Å². The molecule has 2 N–H and O–H groups in total. The predicted octanol–water partition coefficient (Wildman–Crippen LogP) is 0.949. The van der Waals surface area contributed by atoms with Gasteiger partial charge in [-0.15, -0.1) is 11.8 Å². The number of carbonyl (C=O) groups is 2. The highest BCUT2D eigenvalue weighted by molar-refractivity contribution is 8.00. The van der Waals surface area contributed by atoms with Gasteiger partial charge in [-0.05, 0) is 31.5 Å². The van der Waals surface area contributed by atoms with Crippen molar-refractivity contribution in [2.45, 2.75) is 25.1 Å². The molecule has 6 heteroatoms. The molecule has 0 aliphatic carbocycles. The van der Waals surface area contributed by atoms with Crippen molar-refractivity contribution < 1.29 is 9.59 Å². The van der Waals surface area contributed by atoms with E-state index in [0.29, 0.717) is 11.6 Å². The molecule has 1 aromatic heterocycles. The van der Waals surface area contributed by atoms with Crippen LogP contribution in [0.1, 0.15) is 12.5 Å². The van der Waals surface area contributed by atoms with Gasteiger partial charge in [0, 0.05) is 11.9 Å². The maximum atomic E-state index is 12.0. The van der Waals surface area contributed by atoms with Crippen LogP contribution in [-0.2, 0) is 9.59 Å². The van der Waals surface area contributed by atoms with Crippen molar-refractivity contribution in [1.29, 1.82) is 0 Å². The maximum absolute atomic E-state index is 12.0. The van der Waals surface area contributed by atoms with E-state index in [9.17, 15) is 9.59 Å². The first kappa shape index (κ1) is 12.9. The summed E-state index contributed by atoms with van der Waals surface area (Å²) < 4.78 is 0. The topological polar surface area (TPSA) is 71.1 Å². The first-order valence-electron chi connectivity index (χ1n) is 5.72. The number of pyridine rings is 1. The average molecular weight is 265 g/mol. The number of rotatable bonds is 2. The number of carbonyl (C=O) groups excluding carboxylic acids is 2. The number of anilines is 1. The molecule has 1 aliphatic rings. The van der Waals surface area contributed by atoms with Crippen LogP contribution < -0.4 is 10.6 Å². The highest BCUT2D eigenvalue weighted by atomic mass is 32.2. The highest BCUT2D eigenvalue weighted by Gasteiger charge is 2.29. The van der Waals surface area contributed by atoms with Crippen molar-refractivity contribution >= 4 is 29.4 Å². The van der Waals surface area contributed by atoms with Crippen molar-refractivity contribution in [2.75, 3.05) is 11.1 Å². The Balaban J connectivity index is 1.98. The van der Waals surface area contributed by atoms with E-state index in [1.165, 1.54) is 11.8 Å². The molecule has 1 fully saturated rings. The SMILES string of the molecule is Cc1ccnc(NC(=O)[C@H]2CS[C@@H](C)C(=O)N2)c1. The minimum Gasteiger partial charge on any atom is -0.343 e. The second-order valence-electron chi connectivity index (χ2n) is 4.24. The van der Waals surface area contributed by atoms with Crippen LogP contribution in [0.3, 0.4) is 0 Å². The number of hydrogen-bond donors (Lipinski definition) is 2. The number of nitrogens with one attached hydrogen (secondary N) is 2. The van der Waals surface area contributed by atoms with Gasteiger partial charge in [-0.1, -0.05) is 0 Å². The minimum atomic E-state index is -0.485. The first-order chi connectivity index (χ1) is 8.56. The van der Waals surface area contributed by atoms with Crippen LogP contribution in [-0.4, -0.2) is 33.8 Å². The fourth-order valence-corrected chi connectivity index (χ4v) is 2.54. The van der Waals surface area contributed by atoms with Crippen LogP contribution in [0.15, 0.2) is 18.3 Å². The summed E-state index contributed by atoms with van der Waals surface area (Å²) in [5.74, 6) is 0.784. The Morgan fingerprint density at radius 2 is 2.39 bits per heavy atom. The third-order valence-corrected chi connectivity index (χ3v) is 3.92. The summed E-state index contributed by atoms with van der Waals surface area (Å²) in [6.07, 6.45) is 1.64. The molecule has 1 saturated heterocycles. The number of aromatic nitrogens is 1.